The summed E-state index contributed by atoms with van der Waals surface area (Å²) in [6, 6.07) is 4.08. The summed E-state index contributed by atoms with van der Waals surface area (Å²) in [4.78, 5) is 10.8. The standard InChI is InChI=1S/C12H18N4O/c1-4-16(7-5-6-13)12-8-10(2)14-11(15-12)9-17-3/h8H,4-5,7,9H2,1-3H3. The Morgan fingerprint density at radius 3 is 2.82 bits per heavy atom. The summed E-state index contributed by atoms with van der Waals surface area (Å²) in [7, 11) is 1.62. The van der Waals surface area contributed by atoms with Crippen LogP contribution in [0.2, 0.25) is 0 Å². The van der Waals surface area contributed by atoms with Crippen molar-refractivity contribution in [1.29, 1.82) is 5.26 Å². The monoisotopic (exact) mass is 234 g/mol. The molecule has 92 valence electrons. The maximum Gasteiger partial charge on any atom is 0.156 e. The van der Waals surface area contributed by atoms with Gasteiger partial charge in [0.2, 0.25) is 0 Å². The van der Waals surface area contributed by atoms with E-state index in [1.54, 1.807) is 7.11 Å². The minimum Gasteiger partial charge on any atom is -0.377 e. The van der Waals surface area contributed by atoms with Crippen molar-refractivity contribution in [2.24, 2.45) is 0 Å². The Morgan fingerprint density at radius 2 is 2.24 bits per heavy atom. The molecule has 1 rings (SSSR count). The molecule has 1 heterocycles. The van der Waals surface area contributed by atoms with Gasteiger partial charge in [0.1, 0.15) is 12.4 Å². The van der Waals surface area contributed by atoms with Crippen molar-refractivity contribution in [2.75, 3.05) is 25.1 Å². The highest BCUT2D eigenvalue weighted by atomic mass is 16.5. The van der Waals surface area contributed by atoms with Crippen molar-refractivity contribution < 1.29 is 4.74 Å². The molecular formula is C12H18N4O. The third-order valence-corrected chi connectivity index (χ3v) is 2.36. The highest BCUT2D eigenvalue weighted by molar-refractivity contribution is 5.39. The molecule has 5 heteroatoms. The van der Waals surface area contributed by atoms with Gasteiger partial charge < -0.3 is 9.64 Å². The van der Waals surface area contributed by atoms with Crippen LogP contribution in [-0.2, 0) is 11.3 Å². The van der Waals surface area contributed by atoms with Crippen molar-refractivity contribution in [1.82, 2.24) is 9.97 Å². The largest absolute Gasteiger partial charge is 0.377 e. The smallest absolute Gasteiger partial charge is 0.156 e. The number of rotatable bonds is 6. The molecule has 0 saturated heterocycles. The fraction of sp³-hybridized carbons (Fsp3) is 0.583. The zero-order valence-electron chi connectivity index (χ0n) is 10.6. The number of nitriles is 1. The van der Waals surface area contributed by atoms with E-state index in [4.69, 9.17) is 10.00 Å². The van der Waals surface area contributed by atoms with Gasteiger partial charge >= 0.3 is 0 Å². The maximum atomic E-state index is 8.62. The van der Waals surface area contributed by atoms with Crippen LogP contribution in [0.3, 0.4) is 0 Å². The first-order valence-electron chi connectivity index (χ1n) is 5.66. The number of hydrogen-bond acceptors (Lipinski definition) is 5. The summed E-state index contributed by atoms with van der Waals surface area (Å²) < 4.78 is 5.04. The Morgan fingerprint density at radius 1 is 1.47 bits per heavy atom. The van der Waals surface area contributed by atoms with Gasteiger partial charge in [-0.1, -0.05) is 0 Å². The normalized spacial score (nSPS) is 10.0. The van der Waals surface area contributed by atoms with Gasteiger partial charge in [-0.25, -0.2) is 9.97 Å². The number of nitrogens with zero attached hydrogens (tertiary/aromatic N) is 4. The van der Waals surface area contributed by atoms with Crippen molar-refractivity contribution in [2.45, 2.75) is 26.9 Å². The Bertz CT molecular complexity index is 400. The quantitative estimate of drug-likeness (QED) is 0.749. The Hall–Kier alpha value is -1.67. The van der Waals surface area contributed by atoms with Crippen LogP contribution in [-0.4, -0.2) is 30.2 Å². The summed E-state index contributed by atoms with van der Waals surface area (Å²) >= 11 is 0. The van der Waals surface area contributed by atoms with E-state index in [1.165, 1.54) is 0 Å². The first-order valence-corrected chi connectivity index (χ1v) is 5.66. The lowest BCUT2D eigenvalue weighted by Gasteiger charge is -2.21. The van der Waals surface area contributed by atoms with E-state index in [0.29, 0.717) is 25.4 Å². The molecule has 0 aliphatic heterocycles. The van der Waals surface area contributed by atoms with Crippen LogP contribution in [0.1, 0.15) is 24.9 Å². The van der Waals surface area contributed by atoms with E-state index < -0.39 is 0 Å². The molecule has 5 nitrogen and oxygen atoms in total. The second-order valence-electron chi connectivity index (χ2n) is 3.70. The summed E-state index contributed by atoms with van der Waals surface area (Å²) in [5.41, 5.74) is 0.914. The third-order valence-electron chi connectivity index (χ3n) is 2.36. The summed E-state index contributed by atoms with van der Waals surface area (Å²) in [6.45, 7) is 5.90. The summed E-state index contributed by atoms with van der Waals surface area (Å²) in [5.74, 6) is 1.54. The van der Waals surface area contributed by atoms with Crippen LogP contribution in [0.4, 0.5) is 5.82 Å². The molecule has 17 heavy (non-hydrogen) atoms. The Labute approximate surface area is 102 Å². The molecule has 0 atom stereocenters. The molecule has 0 saturated carbocycles. The molecule has 1 aromatic heterocycles. The van der Waals surface area contributed by atoms with Crippen molar-refractivity contribution in [3.63, 3.8) is 0 Å². The van der Waals surface area contributed by atoms with Gasteiger partial charge in [-0.15, -0.1) is 0 Å². The second-order valence-corrected chi connectivity index (χ2v) is 3.70. The molecule has 0 fully saturated rings. The van der Waals surface area contributed by atoms with Gasteiger partial charge in [0.05, 0.1) is 12.5 Å². The van der Waals surface area contributed by atoms with E-state index >= 15 is 0 Å². The van der Waals surface area contributed by atoms with Gasteiger partial charge in [-0.3, -0.25) is 0 Å². The van der Waals surface area contributed by atoms with Crippen molar-refractivity contribution in [3.8, 4) is 6.07 Å². The predicted molar refractivity (Wildman–Crippen MR) is 65.6 cm³/mol. The Balaban J connectivity index is 2.90. The topological polar surface area (TPSA) is 62.0 Å². The molecule has 0 spiro atoms. The van der Waals surface area contributed by atoms with Gasteiger partial charge in [0.15, 0.2) is 5.82 Å². The number of ether oxygens (including phenoxy) is 1. The van der Waals surface area contributed by atoms with Crippen LogP contribution in [0, 0.1) is 18.3 Å². The molecular weight excluding hydrogens is 216 g/mol. The number of methoxy groups -OCH3 is 1. The third kappa shape index (κ3) is 4.00. The highest BCUT2D eigenvalue weighted by Crippen LogP contribution is 2.13. The van der Waals surface area contributed by atoms with Crippen molar-refractivity contribution >= 4 is 5.82 Å². The SMILES string of the molecule is CCN(CCC#N)c1cc(C)nc(COC)n1. The zero-order chi connectivity index (χ0) is 12.7. The highest BCUT2D eigenvalue weighted by Gasteiger charge is 2.08. The average Bonchev–Trinajstić information content (AvgIpc) is 2.30. The molecule has 0 unspecified atom stereocenters. The van der Waals surface area contributed by atoms with E-state index in [2.05, 4.69) is 20.9 Å². The van der Waals surface area contributed by atoms with Gasteiger partial charge in [0, 0.05) is 32.0 Å². The van der Waals surface area contributed by atoms with Crippen LogP contribution in [0.5, 0.6) is 0 Å². The number of anilines is 1. The summed E-state index contributed by atoms with van der Waals surface area (Å²) in [5, 5.41) is 8.62. The Kier molecular flexibility index (Phi) is 5.37. The van der Waals surface area contributed by atoms with Crippen LogP contribution < -0.4 is 4.90 Å². The minimum absolute atomic E-state index is 0.407. The lowest BCUT2D eigenvalue weighted by Crippen LogP contribution is -2.25. The zero-order valence-corrected chi connectivity index (χ0v) is 10.6. The van der Waals surface area contributed by atoms with E-state index in [9.17, 15) is 0 Å². The summed E-state index contributed by atoms with van der Waals surface area (Å²) in [6.07, 6.45) is 0.497. The molecule has 0 radical (unpaired) electrons. The van der Waals surface area contributed by atoms with E-state index in [0.717, 1.165) is 18.1 Å². The van der Waals surface area contributed by atoms with Gasteiger partial charge in [-0.05, 0) is 13.8 Å². The minimum atomic E-state index is 0.407. The van der Waals surface area contributed by atoms with E-state index in [1.807, 2.05) is 19.9 Å². The molecule has 0 bridgehead atoms. The average molecular weight is 234 g/mol. The predicted octanol–water partition coefficient (Wildman–Crippen LogP) is 1.67. The van der Waals surface area contributed by atoms with Gasteiger partial charge in [0.25, 0.3) is 0 Å². The molecule has 0 aliphatic rings. The lowest BCUT2D eigenvalue weighted by atomic mass is 10.3. The molecule has 0 N–H and O–H groups in total. The molecule has 1 aromatic rings. The van der Waals surface area contributed by atoms with Crippen LogP contribution in [0.15, 0.2) is 6.07 Å². The molecule has 0 amide bonds. The fourth-order valence-electron chi connectivity index (χ4n) is 1.59. The first kappa shape index (κ1) is 13.4. The molecule has 0 aliphatic carbocycles. The molecule has 0 aromatic carbocycles. The lowest BCUT2D eigenvalue weighted by molar-refractivity contribution is 0.177. The fourth-order valence-corrected chi connectivity index (χ4v) is 1.59. The number of aryl methyl sites for hydroxylation is 1. The van der Waals surface area contributed by atoms with Crippen LogP contribution in [0.25, 0.3) is 0 Å². The number of aromatic nitrogens is 2. The first-order chi connectivity index (χ1) is 8.21. The number of hydrogen-bond donors (Lipinski definition) is 0. The maximum absolute atomic E-state index is 8.62. The second kappa shape index (κ2) is 6.81. The van der Waals surface area contributed by atoms with Crippen molar-refractivity contribution in [3.05, 3.63) is 17.6 Å². The van der Waals surface area contributed by atoms with Crippen LogP contribution >= 0.6 is 0 Å². The van der Waals surface area contributed by atoms with Gasteiger partial charge in [-0.2, -0.15) is 5.26 Å². The van der Waals surface area contributed by atoms with E-state index in [-0.39, 0.29) is 0 Å².